The lowest BCUT2D eigenvalue weighted by atomic mass is 10.5. The van der Waals surface area contributed by atoms with Gasteiger partial charge in [-0.05, 0) is 0 Å². The molecule has 1 aromatic heterocycles. The highest BCUT2D eigenvalue weighted by Gasteiger charge is 2.08. The monoisotopic (exact) mass is 202 g/mol. The third-order valence-electron chi connectivity index (χ3n) is 1.19. The van der Waals surface area contributed by atoms with Crippen LogP contribution in [0.2, 0.25) is 5.15 Å². The third kappa shape index (κ3) is 2.19. The summed E-state index contributed by atoms with van der Waals surface area (Å²) in [5, 5.41) is 2.11. The fourth-order valence-corrected chi connectivity index (χ4v) is 0.971. The number of carbonyl (C=O) groups excluding carboxylic acids is 1. The van der Waals surface area contributed by atoms with Gasteiger partial charge in [0.25, 0.3) is 5.56 Å². The molecule has 0 atom stereocenters. The van der Waals surface area contributed by atoms with Gasteiger partial charge in [-0.1, -0.05) is 11.6 Å². The van der Waals surface area contributed by atoms with Crippen LogP contribution in [-0.2, 0) is 4.79 Å². The molecule has 70 valence electrons. The summed E-state index contributed by atoms with van der Waals surface area (Å²) < 4.78 is 0. The summed E-state index contributed by atoms with van der Waals surface area (Å²) in [7, 11) is 0. The number of nitrogen functional groups attached to an aromatic ring is 1. The van der Waals surface area contributed by atoms with E-state index >= 15 is 0 Å². The average molecular weight is 203 g/mol. The quantitative estimate of drug-likeness (QED) is 0.557. The molecule has 1 rings (SSSR count). The number of halogens is 1. The highest BCUT2D eigenvalue weighted by molar-refractivity contribution is 6.32. The van der Waals surface area contributed by atoms with Crippen LogP contribution in [0.15, 0.2) is 4.79 Å². The number of amides is 1. The van der Waals surface area contributed by atoms with Gasteiger partial charge in [-0.25, -0.2) is 4.98 Å². The Labute approximate surface area is 78.1 Å². The third-order valence-corrected chi connectivity index (χ3v) is 1.47. The van der Waals surface area contributed by atoms with Crippen LogP contribution in [0.4, 0.5) is 11.6 Å². The number of aromatic amines is 1. The second kappa shape index (κ2) is 3.44. The molecule has 0 unspecified atom stereocenters. The first-order valence-corrected chi connectivity index (χ1v) is 3.71. The number of nitrogens with zero attached hydrogens (tertiary/aromatic N) is 1. The Kier molecular flexibility index (Phi) is 2.52. The molecule has 0 aliphatic rings. The molecule has 0 radical (unpaired) electrons. The summed E-state index contributed by atoms with van der Waals surface area (Å²) in [5.41, 5.74) is 4.53. The van der Waals surface area contributed by atoms with Gasteiger partial charge in [-0.2, -0.15) is 0 Å². The zero-order valence-corrected chi connectivity index (χ0v) is 7.47. The van der Waals surface area contributed by atoms with Gasteiger partial charge in [0.05, 0.1) is 0 Å². The Hall–Kier alpha value is -1.56. The van der Waals surface area contributed by atoms with Crippen LogP contribution in [0.1, 0.15) is 6.92 Å². The van der Waals surface area contributed by atoms with Gasteiger partial charge in [0.15, 0.2) is 5.15 Å². The molecule has 0 aliphatic carbocycles. The maximum Gasteiger partial charge on any atom is 0.277 e. The van der Waals surface area contributed by atoms with Gasteiger partial charge in [-0.3, -0.25) is 14.6 Å². The van der Waals surface area contributed by atoms with Crippen molar-refractivity contribution in [2.45, 2.75) is 6.92 Å². The van der Waals surface area contributed by atoms with Crippen molar-refractivity contribution in [3.8, 4) is 0 Å². The Balaban J connectivity index is 3.21. The minimum absolute atomic E-state index is 0.0934. The van der Waals surface area contributed by atoms with Crippen LogP contribution in [0.5, 0.6) is 0 Å². The lowest BCUT2D eigenvalue weighted by Gasteiger charge is -2.02. The second-order valence-electron chi connectivity index (χ2n) is 2.30. The van der Waals surface area contributed by atoms with Crippen LogP contribution in [-0.4, -0.2) is 15.9 Å². The number of hydrogen-bond acceptors (Lipinski definition) is 4. The Morgan fingerprint density at radius 3 is 2.77 bits per heavy atom. The number of aromatic nitrogens is 2. The highest BCUT2D eigenvalue weighted by Crippen LogP contribution is 2.13. The summed E-state index contributed by atoms with van der Waals surface area (Å²) in [4.78, 5) is 27.5. The molecule has 0 fully saturated rings. The molecule has 0 saturated heterocycles. The van der Waals surface area contributed by atoms with E-state index in [1.165, 1.54) is 6.92 Å². The van der Waals surface area contributed by atoms with Crippen LogP contribution in [0, 0.1) is 0 Å². The van der Waals surface area contributed by atoms with E-state index in [1.807, 2.05) is 0 Å². The van der Waals surface area contributed by atoms with Crippen molar-refractivity contribution in [3.63, 3.8) is 0 Å². The van der Waals surface area contributed by atoms with Gasteiger partial charge in [0.1, 0.15) is 5.69 Å². The van der Waals surface area contributed by atoms with Gasteiger partial charge in [0.2, 0.25) is 11.9 Å². The first-order valence-electron chi connectivity index (χ1n) is 3.33. The van der Waals surface area contributed by atoms with E-state index < -0.39 is 11.5 Å². The van der Waals surface area contributed by atoms with Crippen molar-refractivity contribution in [1.29, 1.82) is 0 Å². The predicted molar refractivity (Wildman–Crippen MR) is 48.6 cm³/mol. The van der Waals surface area contributed by atoms with E-state index in [2.05, 4.69) is 15.3 Å². The van der Waals surface area contributed by atoms with E-state index in [-0.39, 0.29) is 16.8 Å². The Morgan fingerprint density at radius 2 is 2.31 bits per heavy atom. The lowest BCUT2D eigenvalue weighted by Crippen LogP contribution is -2.20. The summed E-state index contributed by atoms with van der Waals surface area (Å²) >= 11 is 5.55. The molecule has 7 heteroatoms. The summed E-state index contributed by atoms with van der Waals surface area (Å²) in [6.07, 6.45) is 0. The van der Waals surface area contributed by atoms with Crippen LogP contribution >= 0.6 is 11.6 Å². The summed E-state index contributed by atoms with van der Waals surface area (Å²) in [6, 6.07) is 0. The van der Waals surface area contributed by atoms with Crippen LogP contribution in [0.3, 0.4) is 0 Å². The zero-order valence-electron chi connectivity index (χ0n) is 6.72. The van der Waals surface area contributed by atoms with E-state index in [1.54, 1.807) is 0 Å². The van der Waals surface area contributed by atoms with Crippen molar-refractivity contribution in [1.82, 2.24) is 9.97 Å². The number of hydrogen-bond donors (Lipinski definition) is 3. The molecule has 1 aromatic rings. The molecule has 13 heavy (non-hydrogen) atoms. The maximum atomic E-state index is 11.1. The molecule has 4 N–H and O–H groups in total. The molecule has 6 nitrogen and oxygen atoms in total. The number of nitrogens with one attached hydrogen (secondary N) is 2. The molecular weight excluding hydrogens is 196 g/mol. The molecule has 0 spiro atoms. The normalized spacial score (nSPS) is 9.69. The van der Waals surface area contributed by atoms with Crippen LogP contribution in [0.25, 0.3) is 0 Å². The van der Waals surface area contributed by atoms with Crippen molar-refractivity contribution in [3.05, 3.63) is 15.5 Å². The van der Waals surface area contributed by atoms with Crippen molar-refractivity contribution in [2.24, 2.45) is 0 Å². The number of carbonyl (C=O) groups is 1. The van der Waals surface area contributed by atoms with Crippen molar-refractivity contribution >= 4 is 29.1 Å². The average Bonchev–Trinajstić information content (AvgIpc) is 1.96. The van der Waals surface area contributed by atoms with E-state index in [0.717, 1.165) is 0 Å². The second-order valence-corrected chi connectivity index (χ2v) is 2.66. The molecule has 0 bridgehead atoms. The predicted octanol–water partition coefficient (Wildman–Crippen LogP) is -0.0361. The fraction of sp³-hybridized carbons (Fsp3) is 0.167. The zero-order chi connectivity index (χ0) is 10.0. The standard InChI is InChI=1S/C6H7ClN4O2/c1-2(12)9-3-4(7)10-6(8)11-5(3)13/h1H3,(H,9,12)(H3,8,10,11,13). The maximum absolute atomic E-state index is 11.1. The van der Waals surface area contributed by atoms with Crippen molar-refractivity contribution < 1.29 is 4.79 Å². The minimum atomic E-state index is -0.576. The molecule has 0 aromatic carbocycles. The van der Waals surface area contributed by atoms with E-state index in [9.17, 15) is 9.59 Å². The van der Waals surface area contributed by atoms with Gasteiger partial charge < -0.3 is 11.1 Å². The lowest BCUT2D eigenvalue weighted by molar-refractivity contribution is -0.114. The number of rotatable bonds is 1. The van der Waals surface area contributed by atoms with Gasteiger partial charge in [-0.15, -0.1) is 0 Å². The first kappa shape index (κ1) is 9.53. The number of anilines is 2. The van der Waals surface area contributed by atoms with Crippen LogP contribution < -0.4 is 16.6 Å². The highest BCUT2D eigenvalue weighted by atomic mass is 35.5. The summed E-state index contributed by atoms with van der Waals surface area (Å²) in [5.74, 6) is -0.497. The summed E-state index contributed by atoms with van der Waals surface area (Å²) in [6.45, 7) is 1.26. The molecular formula is C6H7ClN4O2. The number of nitrogens with two attached hydrogens (primary N) is 1. The largest absolute Gasteiger partial charge is 0.369 e. The number of H-pyrrole nitrogens is 1. The van der Waals surface area contributed by atoms with Gasteiger partial charge >= 0.3 is 0 Å². The Bertz CT molecular complexity index is 400. The fourth-order valence-electron chi connectivity index (χ4n) is 0.746. The van der Waals surface area contributed by atoms with E-state index in [0.29, 0.717) is 0 Å². The minimum Gasteiger partial charge on any atom is -0.369 e. The Morgan fingerprint density at radius 1 is 1.69 bits per heavy atom. The van der Waals surface area contributed by atoms with E-state index in [4.69, 9.17) is 17.3 Å². The first-order chi connectivity index (χ1) is 6.00. The molecule has 1 heterocycles. The molecule has 0 saturated carbocycles. The van der Waals surface area contributed by atoms with Crippen molar-refractivity contribution in [2.75, 3.05) is 11.1 Å². The SMILES string of the molecule is CC(=O)Nc1c(Cl)nc(N)[nH]c1=O. The smallest absolute Gasteiger partial charge is 0.277 e. The topological polar surface area (TPSA) is 101 Å². The van der Waals surface area contributed by atoms with Gasteiger partial charge in [0, 0.05) is 6.92 Å². The molecule has 0 aliphatic heterocycles. The molecule has 1 amide bonds.